The third-order valence-electron chi connectivity index (χ3n) is 2.02. The Morgan fingerprint density at radius 2 is 2.20 bits per heavy atom. The van der Waals surface area contributed by atoms with E-state index in [1.807, 2.05) is 0 Å². The second-order valence-electron chi connectivity index (χ2n) is 2.71. The Hall–Kier alpha value is -0.770. The quantitative estimate of drug-likeness (QED) is 0.484. The first kappa shape index (κ1) is 5.97. The third kappa shape index (κ3) is 0.844. The number of hydrogen-bond acceptors (Lipinski definition) is 4. The Labute approximate surface area is 59.6 Å². The molecule has 1 saturated heterocycles. The van der Waals surface area contributed by atoms with E-state index in [2.05, 4.69) is 15.8 Å². The van der Waals surface area contributed by atoms with Gasteiger partial charge in [-0.2, -0.15) is 0 Å². The Kier molecular flexibility index (Phi) is 1.27. The van der Waals surface area contributed by atoms with Crippen molar-refractivity contribution < 1.29 is 4.84 Å². The van der Waals surface area contributed by atoms with Gasteiger partial charge in [0.2, 0.25) is 5.72 Å². The molecule has 56 valence electrons. The maximum Gasteiger partial charge on any atom is 0.211 e. The second kappa shape index (κ2) is 2.12. The molecule has 2 N–H and O–H groups in total. The molecule has 2 aliphatic rings. The first-order valence-corrected chi connectivity index (χ1v) is 3.60. The van der Waals surface area contributed by atoms with Crippen LogP contribution in [-0.2, 0) is 4.84 Å². The van der Waals surface area contributed by atoms with E-state index in [0.717, 1.165) is 25.9 Å². The van der Waals surface area contributed by atoms with E-state index in [-0.39, 0.29) is 5.72 Å². The fourth-order valence-corrected chi connectivity index (χ4v) is 1.36. The standard InChI is InChI=1S/C6H11N3O/c1-3-7-4-2-6(1)8-5-9-10-6/h5,7H,1-4H2,(H,8,9). The molecule has 0 bridgehead atoms. The van der Waals surface area contributed by atoms with Gasteiger partial charge in [-0.05, 0) is 0 Å². The second-order valence-corrected chi connectivity index (χ2v) is 2.71. The predicted molar refractivity (Wildman–Crippen MR) is 37.5 cm³/mol. The minimum Gasteiger partial charge on any atom is -0.366 e. The van der Waals surface area contributed by atoms with E-state index in [1.165, 1.54) is 0 Å². The lowest BCUT2D eigenvalue weighted by Gasteiger charge is -2.30. The van der Waals surface area contributed by atoms with Crippen LogP contribution in [0.25, 0.3) is 0 Å². The third-order valence-corrected chi connectivity index (χ3v) is 2.02. The highest BCUT2D eigenvalue weighted by molar-refractivity contribution is 5.56. The van der Waals surface area contributed by atoms with Gasteiger partial charge in [-0.25, -0.2) is 0 Å². The number of rotatable bonds is 0. The first-order chi connectivity index (χ1) is 4.91. The van der Waals surface area contributed by atoms with Gasteiger partial charge in [0.05, 0.1) is 0 Å². The molecular weight excluding hydrogens is 130 g/mol. The summed E-state index contributed by atoms with van der Waals surface area (Å²) in [5.74, 6) is 0. The fourth-order valence-electron chi connectivity index (χ4n) is 1.36. The summed E-state index contributed by atoms with van der Waals surface area (Å²) in [4.78, 5) is 5.20. The molecule has 1 fully saturated rings. The van der Waals surface area contributed by atoms with Gasteiger partial charge in [0.1, 0.15) is 6.34 Å². The Morgan fingerprint density at radius 3 is 2.80 bits per heavy atom. The van der Waals surface area contributed by atoms with E-state index in [1.54, 1.807) is 6.34 Å². The molecule has 0 radical (unpaired) electrons. The number of hydrogen-bond donors (Lipinski definition) is 2. The summed E-state index contributed by atoms with van der Waals surface area (Å²) in [7, 11) is 0. The van der Waals surface area contributed by atoms with E-state index in [4.69, 9.17) is 4.84 Å². The fraction of sp³-hybridized carbons (Fsp3) is 0.833. The van der Waals surface area contributed by atoms with Crippen molar-refractivity contribution in [2.75, 3.05) is 13.1 Å². The van der Waals surface area contributed by atoms with Gasteiger partial charge in [-0.1, -0.05) is 5.16 Å². The zero-order chi connectivity index (χ0) is 6.86. The van der Waals surface area contributed by atoms with Crippen molar-refractivity contribution in [2.24, 2.45) is 5.16 Å². The molecule has 0 aromatic heterocycles. The van der Waals surface area contributed by atoms with Crippen LogP contribution in [0.15, 0.2) is 5.16 Å². The van der Waals surface area contributed by atoms with Gasteiger partial charge >= 0.3 is 0 Å². The highest BCUT2D eigenvalue weighted by Crippen LogP contribution is 2.21. The van der Waals surface area contributed by atoms with Gasteiger partial charge in [0, 0.05) is 25.9 Å². The molecule has 0 aromatic carbocycles. The summed E-state index contributed by atoms with van der Waals surface area (Å²) in [6.45, 7) is 2.02. The van der Waals surface area contributed by atoms with Crippen LogP contribution in [0.2, 0.25) is 0 Å². The largest absolute Gasteiger partial charge is 0.366 e. The van der Waals surface area contributed by atoms with Crippen LogP contribution in [0.1, 0.15) is 12.8 Å². The van der Waals surface area contributed by atoms with Crippen molar-refractivity contribution in [1.82, 2.24) is 10.6 Å². The summed E-state index contributed by atoms with van der Waals surface area (Å²) >= 11 is 0. The zero-order valence-corrected chi connectivity index (χ0v) is 5.76. The Balaban J connectivity index is 2.00. The van der Waals surface area contributed by atoms with E-state index < -0.39 is 0 Å². The highest BCUT2D eigenvalue weighted by Gasteiger charge is 2.35. The van der Waals surface area contributed by atoms with E-state index in [0.29, 0.717) is 0 Å². The van der Waals surface area contributed by atoms with Crippen LogP contribution >= 0.6 is 0 Å². The molecule has 4 nitrogen and oxygen atoms in total. The molecular formula is C6H11N3O. The SMILES string of the molecule is C1=NOC2(CCNCC2)N1. The molecule has 0 aromatic rings. The summed E-state index contributed by atoms with van der Waals surface area (Å²) in [5.41, 5.74) is -0.161. The first-order valence-electron chi connectivity index (χ1n) is 3.60. The zero-order valence-electron chi connectivity index (χ0n) is 5.76. The molecule has 0 atom stereocenters. The minimum atomic E-state index is -0.161. The van der Waals surface area contributed by atoms with Crippen LogP contribution in [0.5, 0.6) is 0 Å². The topological polar surface area (TPSA) is 45.6 Å². The monoisotopic (exact) mass is 141 g/mol. The average molecular weight is 141 g/mol. The summed E-state index contributed by atoms with van der Waals surface area (Å²) in [6, 6.07) is 0. The van der Waals surface area contributed by atoms with Crippen molar-refractivity contribution in [1.29, 1.82) is 0 Å². The summed E-state index contributed by atoms with van der Waals surface area (Å²) in [6.07, 6.45) is 3.62. The molecule has 2 aliphatic heterocycles. The predicted octanol–water partition coefficient (Wildman–Crippen LogP) is -0.371. The molecule has 2 rings (SSSR count). The molecule has 0 unspecified atom stereocenters. The van der Waals surface area contributed by atoms with E-state index >= 15 is 0 Å². The van der Waals surface area contributed by atoms with Gasteiger partial charge in [0.15, 0.2) is 0 Å². The number of piperidine rings is 1. The normalized spacial score (nSPS) is 28.0. The van der Waals surface area contributed by atoms with Crippen LogP contribution in [0.3, 0.4) is 0 Å². The molecule has 4 heteroatoms. The number of nitrogens with one attached hydrogen (secondary N) is 2. The van der Waals surface area contributed by atoms with Crippen molar-refractivity contribution in [2.45, 2.75) is 18.6 Å². The van der Waals surface area contributed by atoms with Crippen molar-refractivity contribution in [3.63, 3.8) is 0 Å². The maximum absolute atomic E-state index is 5.20. The smallest absolute Gasteiger partial charge is 0.211 e. The van der Waals surface area contributed by atoms with Crippen LogP contribution in [0.4, 0.5) is 0 Å². The molecule has 1 spiro atoms. The van der Waals surface area contributed by atoms with Crippen molar-refractivity contribution in [3.05, 3.63) is 0 Å². The summed E-state index contributed by atoms with van der Waals surface area (Å²) in [5, 5.41) is 10.1. The van der Waals surface area contributed by atoms with Gasteiger partial charge in [-0.15, -0.1) is 0 Å². The Bertz CT molecular complexity index is 141. The maximum atomic E-state index is 5.20. The number of oxime groups is 1. The molecule has 10 heavy (non-hydrogen) atoms. The number of nitrogens with zero attached hydrogens (tertiary/aromatic N) is 1. The van der Waals surface area contributed by atoms with Gasteiger partial charge < -0.3 is 15.5 Å². The Morgan fingerprint density at radius 1 is 1.40 bits per heavy atom. The average Bonchev–Trinajstić information content (AvgIpc) is 2.39. The molecule has 2 heterocycles. The van der Waals surface area contributed by atoms with Crippen LogP contribution in [0, 0.1) is 0 Å². The van der Waals surface area contributed by atoms with Gasteiger partial charge in [-0.3, -0.25) is 0 Å². The van der Waals surface area contributed by atoms with Crippen LogP contribution < -0.4 is 10.6 Å². The minimum absolute atomic E-state index is 0.161. The van der Waals surface area contributed by atoms with Crippen LogP contribution in [-0.4, -0.2) is 25.2 Å². The van der Waals surface area contributed by atoms with E-state index in [9.17, 15) is 0 Å². The lowest BCUT2D eigenvalue weighted by Crippen LogP contribution is -2.50. The molecule has 0 aliphatic carbocycles. The summed E-state index contributed by atoms with van der Waals surface area (Å²) < 4.78 is 0. The van der Waals surface area contributed by atoms with Crippen molar-refractivity contribution >= 4 is 6.34 Å². The molecule has 0 saturated carbocycles. The highest BCUT2D eigenvalue weighted by atomic mass is 16.7. The lowest BCUT2D eigenvalue weighted by atomic mass is 10.0. The van der Waals surface area contributed by atoms with Gasteiger partial charge in [0.25, 0.3) is 0 Å². The lowest BCUT2D eigenvalue weighted by molar-refractivity contribution is -0.0546. The van der Waals surface area contributed by atoms with Crippen molar-refractivity contribution in [3.8, 4) is 0 Å². The molecule has 0 amide bonds.